The van der Waals surface area contributed by atoms with Gasteiger partial charge in [-0.25, -0.2) is 9.97 Å². The molecule has 0 atom stereocenters. The maximum Gasteiger partial charge on any atom is 0.157 e. The summed E-state index contributed by atoms with van der Waals surface area (Å²) < 4.78 is 5.46. The van der Waals surface area contributed by atoms with E-state index in [0.717, 1.165) is 46.9 Å². The van der Waals surface area contributed by atoms with Crippen LogP contribution in [0.5, 0.6) is 0 Å². The van der Waals surface area contributed by atoms with Crippen molar-refractivity contribution >= 4 is 23.4 Å². The minimum absolute atomic E-state index is 0.414. The first kappa shape index (κ1) is 20.3. The second-order valence-electron chi connectivity index (χ2n) is 8.79. The molecular weight excluding hydrogens is 388 g/mol. The van der Waals surface area contributed by atoms with E-state index in [1.165, 1.54) is 37.7 Å². The largest absolute Gasteiger partial charge is 0.377 e. The third-order valence-electron chi connectivity index (χ3n) is 6.68. The molecule has 0 unspecified atom stereocenters. The van der Waals surface area contributed by atoms with Crippen LogP contribution >= 0.6 is 0 Å². The quantitative estimate of drug-likeness (QED) is 0.693. The number of ether oxygens (including phenoxy) is 1. The molecule has 0 radical (unpaired) electrons. The van der Waals surface area contributed by atoms with Crippen LogP contribution in [-0.4, -0.2) is 40.9 Å². The summed E-state index contributed by atoms with van der Waals surface area (Å²) in [6, 6.07) is 8.87. The van der Waals surface area contributed by atoms with Gasteiger partial charge in [-0.3, -0.25) is 4.90 Å². The molecule has 6 heteroatoms. The molecule has 6 nitrogen and oxygen atoms in total. The van der Waals surface area contributed by atoms with E-state index >= 15 is 0 Å². The smallest absolute Gasteiger partial charge is 0.157 e. The molecule has 1 N–H and O–H groups in total. The number of anilines is 2. The van der Waals surface area contributed by atoms with Crippen LogP contribution in [0, 0.1) is 0 Å². The van der Waals surface area contributed by atoms with Crippen molar-refractivity contribution in [2.75, 3.05) is 25.1 Å². The van der Waals surface area contributed by atoms with Crippen molar-refractivity contribution in [1.29, 1.82) is 0 Å². The molecule has 1 aromatic heterocycles. The predicted molar refractivity (Wildman–Crippen MR) is 121 cm³/mol. The minimum atomic E-state index is 0.414. The first-order valence-electron chi connectivity index (χ1n) is 11.5. The number of rotatable bonds is 6. The number of nitrogens with zero attached hydrogens (tertiary/aromatic N) is 3. The number of aromatic nitrogens is 2. The van der Waals surface area contributed by atoms with E-state index in [0.29, 0.717) is 38.8 Å². The summed E-state index contributed by atoms with van der Waals surface area (Å²) >= 11 is 0. The summed E-state index contributed by atoms with van der Waals surface area (Å²) in [6.07, 6.45) is 10.5. The van der Waals surface area contributed by atoms with E-state index in [1.807, 2.05) is 0 Å². The Bertz CT molecular complexity index is 964. The van der Waals surface area contributed by atoms with Crippen LogP contribution in [-0.2, 0) is 22.6 Å². The molecule has 3 aliphatic rings. The highest BCUT2D eigenvalue weighted by Crippen LogP contribution is 2.34. The van der Waals surface area contributed by atoms with Gasteiger partial charge >= 0.3 is 0 Å². The van der Waals surface area contributed by atoms with E-state index < -0.39 is 0 Å². The van der Waals surface area contributed by atoms with Crippen LogP contribution in [0.2, 0.25) is 0 Å². The van der Waals surface area contributed by atoms with Gasteiger partial charge in [0, 0.05) is 24.3 Å². The standard InChI is InChI=1S/C25H30N4O2/c30-13-12-29-16-22-23(17-29)27-24(20-10-14-31-15-11-20)28-25(22)26-21-8-6-19(7-9-21)18-4-2-1-3-5-18/h6-10,13,18H,1-5,11-12,14-17H2,(H,26,27,28). The molecule has 1 aromatic carbocycles. The maximum atomic E-state index is 11.0. The Hall–Kier alpha value is -2.57. The van der Waals surface area contributed by atoms with Crippen molar-refractivity contribution in [1.82, 2.24) is 14.9 Å². The molecule has 162 valence electrons. The molecule has 0 amide bonds. The lowest BCUT2D eigenvalue weighted by molar-refractivity contribution is -0.108. The van der Waals surface area contributed by atoms with Gasteiger partial charge in [-0.15, -0.1) is 0 Å². The van der Waals surface area contributed by atoms with E-state index in [9.17, 15) is 4.79 Å². The highest BCUT2D eigenvalue weighted by molar-refractivity contribution is 5.67. The van der Waals surface area contributed by atoms with Gasteiger partial charge in [-0.1, -0.05) is 37.5 Å². The van der Waals surface area contributed by atoms with Crippen molar-refractivity contribution in [3.63, 3.8) is 0 Å². The number of nitrogens with one attached hydrogen (secondary N) is 1. The second kappa shape index (κ2) is 9.28. The number of benzene rings is 1. The van der Waals surface area contributed by atoms with Gasteiger partial charge < -0.3 is 14.8 Å². The van der Waals surface area contributed by atoms with Gasteiger partial charge in [-0.2, -0.15) is 0 Å². The average molecular weight is 419 g/mol. The fourth-order valence-electron chi connectivity index (χ4n) is 4.94. The molecule has 2 aromatic rings. The monoisotopic (exact) mass is 418 g/mol. The Morgan fingerprint density at radius 3 is 2.68 bits per heavy atom. The molecule has 0 saturated heterocycles. The van der Waals surface area contributed by atoms with Crippen LogP contribution < -0.4 is 5.32 Å². The normalized spacial score (nSPS) is 19.7. The molecule has 1 saturated carbocycles. The van der Waals surface area contributed by atoms with Crippen LogP contribution in [0.4, 0.5) is 11.5 Å². The zero-order valence-corrected chi connectivity index (χ0v) is 18.0. The fraction of sp³-hybridized carbons (Fsp3) is 0.480. The summed E-state index contributed by atoms with van der Waals surface area (Å²) in [7, 11) is 0. The predicted octanol–water partition coefficient (Wildman–Crippen LogP) is 4.59. The Morgan fingerprint density at radius 2 is 1.94 bits per heavy atom. The van der Waals surface area contributed by atoms with Crippen molar-refractivity contribution in [2.45, 2.75) is 57.5 Å². The first-order valence-corrected chi connectivity index (χ1v) is 11.5. The number of carbonyl (C=O) groups is 1. The van der Waals surface area contributed by atoms with Crippen LogP contribution in [0.25, 0.3) is 5.57 Å². The van der Waals surface area contributed by atoms with E-state index in [2.05, 4.69) is 40.6 Å². The van der Waals surface area contributed by atoms with Gasteiger partial charge in [0.25, 0.3) is 0 Å². The topological polar surface area (TPSA) is 67.4 Å². The lowest BCUT2D eigenvalue weighted by atomic mass is 9.84. The fourth-order valence-corrected chi connectivity index (χ4v) is 4.94. The number of fused-ring (bicyclic) bond motifs is 1. The van der Waals surface area contributed by atoms with Gasteiger partial charge in [0.15, 0.2) is 5.82 Å². The minimum Gasteiger partial charge on any atom is -0.377 e. The maximum absolute atomic E-state index is 11.0. The molecule has 1 aliphatic carbocycles. The summed E-state index contributed by atoms with van der Waals surface area (Å²) in [5.74, 6) is 2.33. The van der Waals surface area contributed by atoms with Gasteiger partial charge in [-0.05, 0) is 48.4 Å². The summed E-state index contributed by atoms with van der Waals surface area (Å²) in [5.41, 5.74) is 5.73. The molecule has 1 fully saturated rings. The summed E-state index contributed by atoms with van der Waals surface area (Å²) in [5, 5.41) is 3.55. The molecular formula is C25H30N4O2. The summed E-state index contributed by atoms with van der Waals surface area (Å²) in [6.45, 7) is 3.10. The van der Waals surface area contributed by atoms with Crippen LogP contribution in [0.3, 0.4) is 0 Å². The molecule has 5 rings (SSSR count). The van der Waals surface area contributed by atoms with E-state index in [-0.39, 0.29) is 0 Å². The SMILES string of the molecule is O=CCN1Cc2nc(C3=CCOCC3)nc(Nc3ccc(C4CCCCC4)cc3)c2C1. The van der Waals surface area contributed by atoms with Crippen LogP contribution in [0.15, 0.2) is 30.3 Å². The number of hydrogen-bond acceptors (Lipinski definition) is 6. The summed E-state index contributed by atoms with van der Waals surface area (Å²) in [4.78, 5) is 22.9. The lowest BCUT2D eigenvalue weighted by Gasteiger charge is -2.22. The van der Waals surface area contributed by atoms with Crippen molar-refractivity contribution < 1.29 is 9.53 Å². The van der Waals surface area contributed by atoms with Crippen LogP contribution in [0.1, 0.15) is 67.1 Å². The molecule has 2 aliphatic heterocycles. The Kier molecular flexibility index (Phi) is 6.09. The van der Waals surface area contributed by atoms with Crippen molar-refractivity contribution in [3.05, 3.63) is 53.0 Å². The van der Waals surface area contributed by atoms with Gasteiger partial charge in [0.2, 0.25) is 0 Å². The number of carbonyl (C=O) groups excluding carboxylic acids is 1. The lowest BCUT2D eigenvalue weighted by Crippen LogP contribution is -2.18. The number of hydrogen-bond donors (Lipinski definition) is 1. The zero-order valence-electron chi connectivity index (χ0n) is 18.0. The van der Waals surface area contributed by atoms with E-state index in [1.54, 1.807) is 0 Å². The molecule has 0 spiro atoms. The molecule has 31 heavy (non-hydrogen) atoms. The van der Waals surface area contributed by atoms with E-state index in [4.69, 9.17) is 14.7 Å². The Balaban J connectivity index is 1.41. The highest BCUT2D eigenvalue weighted by Gasteiger charge is 2.26. The first-order chi connectivity index (χ1) is 15.3. The molecule has 3 heterocycles. The second-order valence-corrected chi connectivity index (χ2v) is 8.79. The third kappa shape index (κ3) is 4.55. The highest BCUT2D eigenvalue weighted by atomic mass is 16.5. The number of aldehydes is 1. The average Bonchev–Trinajstić information content (AvgIpc) is 3.24. The van der Waals surface area contributed by atoms with Gasteiger partial charge in [0.05, 0.1) is 25.5 Å². The zero-order chi connectivity index (χ0) is 21.0. The Morgan fingerprint density at radius 1 is 1.10 bits per heavy atom. The molecule has 0 bridgehead atoms. The Labute approximate surface area is 183 Å². The van der Waals surface area contributed by atoms with Gasteiger partial charge in [0.1, 0.15) is 12.1 Å². The third-order valence-corrected chi connectivity index (χ3v) is 6.68. The van der Waals surface area contributed by atoms with Crippen molar-refractivity contribution in [3.8, 4) is 0 Å². The van der Waals surface area contributed by atoms with Crippen molar-refractivity contribution in [2.24, 2.45) is 0 Å².